The van der Waals surface area contributed by atoms with E-state index in [2.05, 4.69) is 36.2 Å². The second kappa shape index (κ2) is 8.96. The number of amides is 2. The summed E-state index contributed by atoms with van der Waals surface area (Å²) in [5, 5.41) is 20.9. The van der Waals surface area contributed by atoms with E-state index in [-0.39, 0.29) is 23.4 Å². The number of carbonyl (C=O) groups is 1. The fourth-order valence-electron chi connectivity index (χ4n) is 2.93. The van der Waals surface area contributed by atoms with Gasteiger partial charge in [0.15, 0.2) is 5.82 Å². The van der Waals surface area contributed by atoms with E-state index < -0.39 is 12.9 Å². The Balaban J connectivity index is 1.35. The number of pyridine rings is 1. The van der Waals surface area contributed by atoms with Crippen molar-refractivity contribution in [1.29, 1.82) is 0 Å². The van der Waals surface area contributed by atoms with Crippen LogP contribution in [0.2, 0.25) is 0 Å². The molecule has 0 spiro atoms. The van der Waals surface area contributed by atoms with Crippen molar-refractivity contribution < 1.29 is 24.0 Å². The molecule has 9 nitrogen and oxygen atoms in total. The van der Waals surface area contributed by atoms with Crippen LogP contribution in [-0.4, -0.2) is 62.2 Å². The molecule has 0 radical (unpaired) electrons. The molecule has 2 amide bonds. The molecule has 1 aromatic carbocycles. The summed E-state index contributed by atoms with van der Waals surface area (Å²) in [5.41, 5.74) is 0.459. The molecule has 1 fully saturated rings. The number of urea groups is 1. The summed E-state index contributed by atoms with van der Waals surface area (Å²) < 4.78 is 20.6. The van der Waals surface area contributed by atoms with Gasteiger partial charge in [-0.15, -0.1) is 0 Å². The predicted molar refractivity (Wildman–Crippen MR) is 114 cm³/mol. The Hall–Kier alpha value is -3.09. The maximum Gasteiger partial charge on any atom is 0.491 e. The minimum Gasteiger partial charge on any atom is -0.471 e. The lowest BCUT2D eigenvalue weighted by atomic mass is 9.79. The number of nitrogens with zero attached hydrogens (tertiary/aromatic N) is 4. The molecule has 0 unspecified atom stereocenters. The smallest absolute Gasteiger partial charge is 0.471 e. The minimum atomic E-state index is -1.91. The highest BCUT2D eigenvalue weighted by Gasteiger charge is 2.33. The van der Waals surface area contributed by atoms with Crippen molar-refractivity contribution in [3.8, 4) is 17.1 Å². The van der Waals surface area contributed by atoms with Gasteiger partial charge in [-0.1, -0.05) is 12.1 Å². The average molecular weight is 488 g/mol. The molecule has 0 atom stereocenters. The third-order valence-electron chi connectivity index (χ3n) is 4.57. The van der Waals surface area contributed by atoms with Crippen LogP contribution in [0.5, 0.6) is 5.88 Å². The molecule has 1 aliphatic heterocycles. The molecule has 0 aliphatic carbocycles. The van der Waals surface area contributed by atoms with Gasteiger partial charge in [-0.2, -0.15) is 0 Å². The molecule has 3 N–H and O–H groups in total. The van der Waals surface area contributed by atoms with Gasteiger partial charge in [0.25, 0.3) is 0 Å². The molecule has 158 valence electrons. The van der Waals surface area contributed by atoms with E-state index in [1.165, 1.54) is 24.5 Å². The highest BCUT2D eigenvalue weighted by atomic mass is 79.9. The van der Waals surface area contributed by atoms with E-state index in [9.17, 15) is 9.18 Å². The van der Waals surface area contributed by atoms with Gasteiger partial charge in [0.1, 0.15) is 11.9 Å². The molecule has 2 aromatic heterocycles. The van der Waals surface area contributed by atoms with E-state index in [4.69, 9.17) is 14.8 Å². The molecule has 3 aromatic rings. The number of ether oxygens (including phenoxy) is 1. The van der Waals surface area contributed by atoms with Crippen LogP contribution in [0, 0.1) is 5.82 Å². The van der Waals surface area contributed by atoms with E-state index in [0.717, 1.165) is 10.5 Å². The molecule has 0 bridgehead atoms. The Morgan fingerprint density at radius 3 is 2.71 bits per heavy atom. The van der Waals surface area contributed by atoms with Crippen molar-refractivity contribution >= 4 is 40.4 Å². The van der Waals surface area contributed by atoms with Gasteiger partial charge in [0.05, 0.1) is 31.2 Å². The molecular formula is C19H16BBrFN5O4. The van der Waals surface area contributed by atoms with Crippen molar-refractivity contribution in [3.05, 3.63) is 59.2 Å². The highest BCUT2D eigenvalue weighted by molar-refractivity contribution is 9.10. The predicted octanol–water partition coefficient (Wildman–Crippen LogP) is 1.42. The molecule has 1 saturated heterocycles. The third kappa shape index (κ3) is 4.98. The average Bonchev–Trinajstić information content (AvgIpc) is 2.71. The number of hydrogen-bond acceptors (Lipinski definition) is 7. The van der Waals surface area contributed by atoms with Crippen molar-refractivity contribution in [1.82, 2.24) is 19.9 Å². The standard InChI is InChI=1S/C19H16BBrFN5O4/c21-12-2-4-18(24-6-12)31-13-9-27(10-13)19(28)26-17-8-23-7-16(25-17)11-1-3-14(20(29)30)15(22)5-11/h1-8,13,29-30H,9-10H2,(H,25,26,28). The topological polar surface area (TPSA) is 121 Å². The second-order valence-electron chi connectivity index (χ2n) is 6.79. The minimum absolute atomic E-state index is 0.153. The van der Waals surface area contributed by atoms with Gasteiger partial charge in [-0.05, 0) is 28.1 Å². The number of rotatable bonds is 5. The lowest BCUT2D eigenvalue weighted by Gasteiger charge is -2.38. The number of aromatic nitrogens is 3. The third-order valence-corrected chi connectivity index (χ3v) is 5.04. The van der Waals surface area contributed by atoms with Crippen LogP contribution in [0.3, 0.4) is 0 Å². The van der Waals surface area contributed by atoms with Crippen molar-refractivity contribution in [2.45, 2.75) is 6.10 Å². The number of carbonyl (C=O) groups excluding carboxylic acids is 1. The molecule has 12 heteroatoms. The van der Waals surface area contributed by atoms with Crippen LogP contribution in [-0.2, 0) is 0 Å². The zero-order valence-corrected chi connectivity index (χ0v) is 17.5. The monoisotopic (exact) mass is 487 g/mol. The first-order valence-corrected chi connectivity index (χ1v) is 10.0. The number of anilines is 1. The highest BCUT2D eigenvalue weighted by Crippen LogP contribution is 2.21. The Bertz CT molecular complexity index is 1100. The first kappa shape index (κ1) is 21.2. The summed E-state index contributed by atoms with van der Waals surface area (Å²) in [6.07, 6.45) is 4.27. The number of nitrogens with one attached hydrogen (secondary N) is 1. The summed E-state index contributed by atoms with van der Waals surface area (Å²) in [6.45, 7) is 0.791. The summed E-state index contributed by atoms with van der Waals surface area (Å²) in [7, 11) is -1.91. The number of benzene rings is 1. The first-order chi connectivity index (χ1) is 14.9. The Morgan fingerprint density at radius 1 is 1.23 bits per heavy atom. The Kier molecular flexibility index (Phi) is 6.12. The van der Waals surface area contributed by atoms with Crippen molar-refractivity contribution in [3.63, 3.8) is 0 Å². The molecule has 4 rings (SSSR count). The van der Waals surface area contributed by atoms with Crippen LogP contribution in [0.4, 0.5) is 15.0 Å². The summed E-state index contributed by atoms with van der Waals surface area (Å²) in [4.78, 5) is 26.4. The number of halogens is 2. The SMILES string of the molecule is O=C(Nc1cncc(-c2ccc(B(O)O)c(F)c2)n1)N1CC(Oc2ccc(Br)cn2)C1. The zero-order valence-electron chi connectivity index (χ0n) is 15.9. The van der Waals surface area contributed by atoms with Gasteiger partial charge in [0, 0.05) is 27.8 Å². The van der Waals surface area contributed by atoms with Crippen LogP contribution < -0.4 is 15.5 Å². The normalized spacial score (nSPS) is 13.5. The molecule has 31 heavy (non-hydrogen) atoms. The van der Waals surface area contributed by atoms with Crippen molar-refractivity contribution in [2.75, 3.05) is 18.4 Å². The molecule has 3 heterocycles. The maximum atomic E-state index is 14.0. The van der Waals surface area contributed by atoms with Crippen LogP contribution in [0.15, 0.2) is 53.4 Å². The molecule has 0 saturated carbocycles. The van der Waals surface area contributed by atoms with Crippen LogP contribution >= 0.6 is 15.9 Å². The lowest BCUT2D eigenvalue weighted by molar-refractivity contribution is 0.0460. The van der Waals surface area contributed by atoms with Gasteiger partial charge >= 0.3 is 13.1 Å². The Labute approximate surface area is 185 Å². The van der Waals surface area contributed by atoms with E-state index in [0.29, 0.717) is 30.2 Å². The van der Waals surface area contributed by atoms with E-state index in [1.54, 1.807) is 17.2 Å². The van der Waals surface area contributed by atoms with Crippen LogP contribution in [0.25, 0.3) is 11.3 Å². The summed E-state index contributed by atoms with van der Waals surface area (Å²) in [6, 6.07) is 7.06. The second-order valence-corrected chi connectivity index (χ2v) is 7.70. The van der Waals surface area contributed by atoms with Gasteiger partial charge in [0.2, 0.25) is 5.88 Å². The van der Waals surface area contributed by atoms with E-state index in [1.807, 2.05) is 6.07 Å². The molecule has 1 aliphatic rings. The summed E-state index contributed by atoms with van der Waals surface area (Å²) >= 11 is 3.31. The van der Waals surface area contributed by atoms with Crippen LogP contribution in [0.1, 0.15) is 0 Å². The number of hydrogen-bond donors (Lipinski definition) is 3. The van der Waals surface area contributed by atoms with Gasteiger partial charge < -0.3 is 19.7 Å². The van der Waals surface area contributed by atoms with Gasteiger partial charge in [-0.3, -0.25) is 10.3 Å². The number of likely N-dealkylation sites (tertiary alicyclic amines) is 1. The fourth-order valence-corrected chi connectivity index (χ4v) is 3.17. The van der Waals surface area contributed by atoms with E-state index >= 15 is 0 Å². The maximum absolute atomic E-state index is 14.0. The fraction of sp³-hybridized carbons (Fsp3) is 0.158. The zero-order chi connectivity index (χ0) is 22.0. The first-order valence-electron chi connectivity index (χ1n) is 9.21. The largest absolute Gasteiger partial charge is 0.491 e. The lowest BCUT2D eigenvalue weighted by Crippen LogP contribution is -2.57. The van der Waals surface area contributed by atoms with Crippen molar-refractivity contribution in [2.24, 2.45) is 0 Å². The molecular weight excluding hydrogens is 472 g/mol. The quantitative estimate of drug-likeness (QED) is 0.465. The van der Waals surface area contributed by atoms with Gasteiger partial charge in [-0.25, -0.2) is 19.2 Å². The Morgan fingerprint density at radius 2 is 2.03 bits per heavy atom. The summed E-state index contributed by atoms with van der Waals surface area (Å²) in [5.74, 6) is -0.0949.